The number of anilines is 2. The number of aromatic amines is 1. The molecule has 0 atom stereocenters. The minimum atomic E-state index is -0.815. The Morgan fingerprint density at radius 1 is 1.36 bits per heavy atom. The molecule has 0 spiro atoms. The summed E-state index contributed by atoms with van der Waals surface area (Å²) in [5.74, 6) is 1.12. The first-order valence-corrected chi connectivity index (χ1v) is 8.58. The number of aromatic nitrogens is 4. The van der Waals surface area contributed by atoms with Crippen LogP contribution in [0.15, 0.2) is 11.1 Å². The molecule has 0 unspecified atom stereocenters. The van der Waals surface area contributed by atoms with Crippen molar-refractivity contribution in [1.82, 2.24) is 19.9 Å². The van der Waals surface area contributed by atoms with Crippen LogP contribution < -0.4 is 15.4 Å². The van der Waals surface area contributed by atoms with Crippen LogP contribution in [-0.4, -0.2) is 46.6 Å². The van der Waals surface area contributed by atoms with Gasteiger partial charge in [0.25, 0.3) is 5.56 Å². The second-order valence-electron chi connectivity index (χ2n) is 6.92. The Bertz CT molecular complexity index is 861. The second-order valence-corrected chi connectivity index (χ2v) is 6.92. The van der Waals surface area contributed by atoms with E-state index >= 15 is 0 Å². The molecule has 0 aromatic carbocycles. The lowest BCUT2D eigenvalue weighted by atomic mass is 9.99. The molecule has 132 valence electrons. The van der Waals surface area contributed by atoms with Crippen molar-refractivity contribution in [2.75, 3.05) is 36.5 Å². The van der Waals surface area contributed by atoms with Crippen LogP contribution >= 0.6 is 0 Å². The van der Waals surface area contributed by atoms with E-state index in [-0.39, 0.29) is 5.69 Å². The summed E-state index contributed by atoms with van der Waals surface area (Å²) >= 11 is 0. The Kier molecular flexibility index (Phi) is 3.89. The summed E-state index contributed by atoms with van der Waals surface area (Å²) in [4.78, 5) is 31.2. The highest BCUT2D eigenvalue weighted by molar-refractivity contribution is 5.52. The van der Waals surface area contributed by atoms with Crippen molar-refractivity contribution in [2.45, 2.75) is 26.2 Å². The number of halogens is 1. The minimum Gasteiger partial charge on any atom is -0.355 e. The van der Waals surface area contributed by atoms with Crippen LogP contribution in [0.25, 0.3) is 0 Å². The highest BCUT2D eigenvalue weighted by Crippen LogP contribution is 2.32. The van der Waals surface area contributed by atoms with Gasteiger partial charge >= 0.3 is 0 Å². The quantitative estimate of drug-likeness (QED) is 0.894. The Morgan fingerprint density at radius 2 is 2.16 bits per heavy atom. The summed E-state index contributed by atoms with van der Waals surface area (Å²) in [6.07, 6.45) is 4.93. The Labute approximate surface area is 144 Å². The van der Waals surface area contributed by atoms with Crippen molar-refractivity contribution in [3.05, 3.63) is 39.4 Å². The van der Waals surface area contributed by atoms with E-state index < -0.39 is 11.4 Å². The van der Waals surface area contributed by atoms with Gasteiger partial charge in [-0.05, 0) is 26.2 Å². The minimum absolute atomic E-state index is 0.123. The molecule has 0 amide bonds. The number of hydrogen-bond acceptors (Lipinski definition) is 6. The monoisotopic (exact) mass is 344 g/mol. The first-order chi connectivity index (χ1) is 12.0. The van der Waals surface area contributed by atoms with E-state index in [1.54, 1.807) is 6.33 Å². The fraction of sp³-hybridized carbons (Fsp3) is 0.529. The number of rotatable bonds is 4. The Balaban J connectivity index is 1.40. The van der Waals surface area contributed by atoms with Crippen molar-refractivity contribution in [2.24, 2.45) is 5.92 Å². The molecule has 7 nitrogen and oxygen atoms in total. The number of aryl methyl sites for hydroxylation is 2. The smallest absolute Gasteiger partial charge is 0.288 e. The van der Waals surface area contributed by atoms with Crippen LogP contribution in [0.4, 0.5) is 16.2 Å². The molecule has 1 saturated heterocycles. The Hall–Kier alpha value is -2.51. The fourth-order valence-corrected chi connectivity index (χ4v) is 3.68. The van der Waals surface area contributed by atoms with Crippen molar-refractivity contribution >= 4 is 11.8 Å². The SMILES string of the molecule is Cc1nc(N(C)CC2CN(c3ncnc4c3CCC4)C2)[nH]c(=O)c1F. The predicted molar refractivity (Wildman–Crippen MR) is 92.6 cm³/mol. The third kappa shape index (κ3) is 2.85. The van der Waals surface area contributed by atoms with E-state index in [1.165, 1.54) is 18.2 Å². The van der Waals surface area contributed by atoms with Gasteiger partial charge in [-0.15, -0.1) is 0 Å². The maximum absolute atomic E-state index is 13.4. The maximum Gasteiger partial charge on any atom is 0.288 e. The molecule has 2 aromatic rings. The largest absolute Gasteiger partial charge is 0.355 e. The normalized spacial score (nSPS) is 16.7. The van der Waals surface area contributed by atoms with Crippen LogP contribution in [0.5, 0.6) is 0 Å². The molecule has 0 saturated carbocycles. The van der Waals surface area contributed by atoms with Crippen molar-refractivity contribution < 1.29 is 4.39 Å². The van der Waals surface area contributed by atoms with E-state index in [9.17, 15) is 9.18 Å². The third-order valence-corrected chi connectivity index (χ3v) is 5.02. The summed E-state index contributed by atoms with van der Waals surface area (Å²) in [5.41, 5.74) is 1.89. The summed E-state index contributed by atoms with van der Waals surface area (Å²) in [5, 5.41) is 0. The molecule has 4 rings (SSSR count). The summed E-state index contributed by atoms with van der Waals surface area (Å²) < 4.78 is 13.4. The molecule has 0 radical (unpaired) electrons. The standard InChI is InChI=1S/C17H21FN6O/c1-10-14(18)16(25)22-17(21-10)23(2)6-11-7-24(8-11)15-12-4-3-5-13(12)19-9-20-15/h9,11H,3-8H2,1-2H3,(H,21,22,25). The van der Waals surface area contributed by atoms with E-state index in [0.29, 0.717) is 11.9 Å². The van der Waals surface area contributed by atoms with E-state index in [0.717, 1.165) is 44.7 Å². The highest BCUT2D eigenvalue weighted by atomic mass is 19.1. The zero-order chi connectivity index (χ0) is 17.6. The van der Waals surface area contributed by atoms with Crippen LogP contribution in [0.1, 0.15) is 23.4 Å². The molecular formula is C17H21FN6O. The van der Waals surface area contributed by atoms with Gasteiger partial charge in [-0.2, -0.15) is 4.39 Å². The number of H-pyrrole nitrogens is 1. The van der Waals surface area contributed by atoms with Gasteiger partial charge < -0.3 is 9.80 Å². The van der Waals surface area contributed by atoms with E-state index in [2.05, 4.69) is 24.8 Å². The number of fused-ring (bicyclic) bond motifs is 1. The van der Waals surface area contributed by atoms with Crippen molar-refractivity contribution in [3.8, 4) is 0 Å². The molecule has 25 heavy (non-hydrogen) atoms. The van der Waals surface area contributed by atoms with Gasteiger partial charge in [-0.1, -0.05) is 0 Å². The van der Waals surface area contributed by atoms with Gasteiger partial charge in [-0.3, -0.25) is 9.78 Å². The lowest BCUT2D eigenvalue weighted by molar-refractivity contribution is 0.407. The van der Waals surface area contributed by atoms with Crippen LogP contribution in [-0.2, 0) is 12.8 Å². The molecule has 2 aromatic heterocycles. The van der Waals surface area contributed by atoms with Gasteiger partial charge in [-0.25, -0.2) is 15.0 Å². The van der Waals surface area contributed by atoms with E-state index in [4.69, 9.17) is 0 Å². The zero-order valence-electron chi connectivity index (χ0n) is 14.4. The van der Waals surface area contributed by atoms with Gasteiger partial charge in [0.1, 0.15) is 12.1 Å². The predicted octanol–water partition coefficient (Wildman–Crippen LogP) is 1.07. The lowest BCUT2D eigenvalue weighted by Crippen LogP contribution is -2.52. The lowest BCUT2D eigenvalue weighted by Gasteiger charge is -2.42. The van der Waals surface area contributed by atoms with Gasteiger partial charge in [0.2, 0.25) is 11.8 Å². The molecule has 2 aliphatic rings. The van der Waals surface area contributed by atoms with Crippen LogP contribution in [0.3, 0.4) is 0 Å². The summed E-state index contributed by atoms with van der Waals surface area (Å²) in [6, 6.07) is 0. The highest BCUT2D eigenvalue weighted by Gasteiger charge is 2.32. The van der Waals surface area contributed by atoms with Gasteiger partial charge in [0, 0.05) is 43.9 Å². The maximum atomic E-state index is 13.4. The summed E-state index contributed by atoms with van der Waals surface area (Å²) in [6.45, 7) is 4.08. The average Bonchev–Trinajstić information content (AvgIpc) is 3.03. The van der Waals surface area contributed by atoms with Crippen LogP contribution in [0, 0.1) is 18.7 Å². The molecule has 1 aliphatic carbocycles. The number of hydrogen-bond donors (Lipinski definition) is 1. The molecule has 1 N–H and O–H groups in total. The molecule has 0 bridgehead atoms. The Morgan fingerprint density at radius 3 is 2.92 bits per heavy atom. The van der Waals surface area contributed by atoms with Gasteiger partial charge in [0.05, 0.1) is 5.69 Å². The second kappa shape index (κ2) is 6.09. The van der Waals surface area contributed by atoms with Crippen molar-refractivity contribution in [1.29, 1.82) is 0 Å². The zero-order valence-corrected chi connectivity index (χ0v) is 14.4. The van der Waals surface area contributed by atoms with Crippen LogP contribution in [0.2, 0.25) is 0 Å². The van der Waals surface area contributed by atoms with Crippen molar-refractivity contribution in [3.63, 3.8) is 0 Å². The third-order valence-electron chi connectivity index (χ3n) is 5.02. The molecule has 1 aliphatic heterocycles. The first kappa shape index (κ1) is 16.0. The molecule has 8 heteroatoms. The fourth-order valence-electron chi connectivity index (χ4n) is 3.68. The van der Waals surface area contributed by atoms with E-state index in [1.807, 2.05) is 11.9 Å². The molecule has 3 heterocycles. The number of nitrogens with zero attached hydrogens (tertiary/aromatic N) is 5. The number of nitrogens with one attached hydrogen (secondary N) is 1. The first-order valence-electron chi connectivity index (χ1n) is 8.58. The topological polar surface area (TPSA) is 78.0 Å². The molecule has 1 fully saturated rings. The summed E-state index contributed by atoms with van der Waals surface area (Å²) in [7, 11) is 1.86. The average molecular weight is 344 g/mol. The van der Waals surface area contributed by atoms with Gasteiger partial charge in [0.15, 0.2) is 0 Å². The molecular weight excluding hydrogens is 323 g/mol.